The van der Waals surface area contributed by atoms with E-state index in [4.69, 9.17) is 17.3 Å². The Morgan fingerprint density at radius 3 is 2.46 bits per heavy atom. The molecule has 0 saturated heterocycles. The Balaban J connectivity index is 2.34. The number of amides is 2. The van der Waals surface area contributed by atoms with Gasteiger partial charge in [0.2, 0.25) is 5.91 Å². The molecule has 3 N–H and O–H groups in total. The molecule has 0 heterocycles. The number of thioether (sulfide) groups is 1. The van der Waals surface area contributed by atoms with Crippen molar-refractivity contribution in [2.75, 3.05) is 11.6 Å². The lowest BCUT2D eigenvalue weighted by atomic mass is 10.1. The minimum Gasteiger partial charge on any atom is -0.366 e. The van der Waals surface area contributed by atoms with Crippen LogP contribution in [0.5, 0.6) is 0 Å². The molecule has 2 aromatic rings. The highest BCUT2D eigenvalue weighted by atomic mass is 35.5. The molecule has 0 bridgehead atoms. The van der Waals surface area contributed by atoms with E-state index in [1.165, 1.54) is 42.1 Å². The Bertz CT molecular complexity index is 841. The van der Waals surface area contributed by atoms with Crippen LogP contribution in [-0.2, 0) is 0 Å². The fourth-order valence-electron chi connectivity index (χ4n) is 1.97. The third kappa shape index (κ3) is 3.84. The van der Waals surface area contributed by atoms with Gasteiger partial charge in [-0.1, -0.05) is 11.6 Å². The number of nitrogens with two attached hydrogens (primary N) is 1. The zero-order valence-corrected chi connectivity index (χ0v) is 14.0. The molecule has 9 heteroatoms. The SMILES string of the molecule is CSc1ccc([N+](=O)[O-])c(C(=O)Nc2ccc(C(N)=O)c(Cl)c2)c1. The number of hydrogen-bond donors (Lipinski definition) is 2. The molecule has 0 aliphatic rings. The van der Waals surface area contributed by atoms with Gasteiger partial charge in [0, 0.05) is 16.6 Å². The molecule has 0 unspecified atom stereocenters. The van der Waals surface area contributed by atoms with Crippen molar-refractivity contribution in [3.63, 3.8) is 0 Å². The smallest absolute Gasteiger partial charge is 0.282 e. The molecule has 0 aliphatic heterocycles. The van der Waals surface area contributed by atoms with Crippen molar-refractivity contribution in [3.8, 4) is 0 Å². The van der Waals surface area contributed by atoms with E-state index >= 15 is 0 Å². The van der Waals surface area contributed by atoms with Crippen molar-refractivity contribution in [2.45, 2.75) is 4.90 Å². The zero-order valence-electron chi connectivity index (χ0n) is 12.4. The summed E-state index contributed by atoms with van der Waals surface area (Å²) in [6.07, 6.45) is 1.80. The van der Waals surface area contributed by atoms with Crippen molar-refractivity contribution < 1.29 is 14.5 Å². The maximum Gasteiger partial charge on any atom is 0.282 e. The number of nitro benzene ring substituents is 1. The molecule has 0 saturated carbocycles. The van der Waals surface area contributed by atoms with Gasteiger partial charge in [-0.05, 0) is 36.6 Å². The van der Waals surface area contributed by atoms with Crippen LogP contribution in [0.1, 0.15) is 20.7 Å². The molecule has 0 fully saturated rings. The van der Waals surface area contributed by atoms with Crippen molar-refractivity contribution in [3.05, 3.63) is 62.7 Å². The predicted octanol–water partition coefficient (Wildman–Crippen LogP) is 3.32. The van der Waals surface area contributed by atoms with Gasteiger partial charge in [-0.15, -0.1) is 11.8 Å². The number of halogens is 1. The normalized spacial score (nSPS) is 10.2. The predicted molar refractivity (Wildman–Crippen MR) is 92.8 cm³/mol. The number of benzene rings is 2. The molecule has 124 valence electrons. The van der Waals surface area contributed by atoms with Gasteiger partial charge in [-0.25, -0.2) is 0 Å². The third-order valence-corrected chi connectivity index (χ3v) is 4.18. The standard InChI is InChI=1S/C15H12ClN3O4S/c1-24-9-3-5-13(19(22)23)11(7-9)15(21)18-8-2-4-10(14(17)20)12(16)6-8/h2-7H,1H3,(H2,17,20)(H,18,21). The molecule has 0 atom stereocenters. The Labute approximate surface area is 146 Å². The summed E-state index contributed by atoms with van der Waals surface area (Å²) in [7, 11) is 0. The minimum absolute atomic E-state index is 0.0676. The molecule has 2 amide bonds. The van der Waals surface area contributed by atoms with Gasteiger partial charge in [0.15, 0.2) is 0 Å². The van der Waals surface area contributed by atoms with E-state index < -0.39 is 16.7 Å². The Kier molecular flexibility index (Phi) is 5.42. The van der Waals surface area contributed by atoms with Gasteiger partial charge in [0.05, 0.1) is 15.5 Å². The van der Waals surface area contributed by atoms with Crippen LogP contribution in [0.15, 0.2) is 41.3 Å². The summed E-state index contributed by atoms with van der Waals surface area (Å²) in [6, 6.07) is 8.45. The molecule has 24 heavy (non-hydrogen) atoms. The van der Waals surface area contributed by atoms with Crippen molar-refractivity contribution in [1.29, 1.82) is 0 Å². The molecule has 0 aromatic heterocycles. The second-order valence-electron chi connectivity index (χ2n) is 4.65. The first-order valence-corrected chi connectivity index (χ1v) is 8.17. The van der Waals surface area contributed by atoms with Crippen LogP contribution in [-0.4, -0.2) is 23.0 Å². The van der Waals surface area contributed by atoms with Crippen LogP contribution in [0.3, 0.4) is 0 Å². The Morgan fingerprint density at radius 1 is 1.21 bits per heavy atom. The highest BCUT2D eigenvalue weighted by Gasteiger charge is 2.21. The van der Waals surface area contributed by atoms with Crippen LogP contribution >= 0.6 is 23.4 Å². The molecule has 2 rings (SSSR count). The van der Waals surface area contributed by atoms with Gasteiger partial charge < -0.3 is 11.1 Å². The van der Waals surface area contributed by atoms with Gasteiger partial charge in [-0.2, -0.15) is 0 Å². The van der Waals surface area contributed by atoms with Crippen molar-refractivity contribution >= 4 is 46.6 Å². The fourth-order valence-corrected chi connectivity index (χ4v) is 2.69. The van der Waals surface area contributed by atoms with E-state index in [0.29, 0.717) is 10.6 Å². The summed E-state index contributed by atoms with van der Waals surface area (Å²) in [5, 5.41) is 13.7. The number of rotatable bonds is 5. The van der Waals surface area contributed by atoms with Crippen molar-refractivity contribution in [1.82, 2.24) is 0 Å². The first-order valence-electron chi connectivity index (χ1n) is 6.56. The Hall–Kier alpha value is -2.58. The van der Waals surface area contributed by atoms with E-state index in [1.54, 1.807) is 12.3 Å². The number of hydrogen-bond acceptors (Lipinski definition) is 5. The number of carbonyl (C=O) groups excluding carboxylic acids is 2. The highest BCUT2D eigenvalue weighted by Crippen LogP contribution is 2.26. The summed E-state index contributed by atoms with van der Waals surface area (Å²) in [4.78, 5) is 34.7. The van der Waals surface area contributed by atoms with E-state index in [0.717, 1.165) is 0 Å². The van der Waals surface area contributed by atoms with E-state index in [2.05, 4.69) is 5.32 Å². The number of anilines is 1. The van der Waals surface area contributed by atoms with Crippen LogP contribution in [0, 0.1) is 10.1 Å². The van der Waals surface area contributed by atoms with Gasteiger partial charge in [-0.3, -0.25) is 19.7 Å². The Morgan fingerprint density at radius 2 is 1.92 bits per heavy atom. The molecular weight excluding hydrogens is 354 g/mol. The summed E-state index contributed by atoms with van der Waals surface area (Å²) >= 11 is 7.28. The molecule has 7 nitrogen and oxygen atoms in total. The van der Waals surface area contributed by atoms with Crippen LogP contribution in [0.2, 0.25) is 5.02 Å². The monoisotopic (exact) mass is 365 g/mol. The summed E-state index contributed by atoms with van der Waals surface area (Å²) < 4.78 is 0. The molecular formula is C15H12ClN3O4S. The molecule has 0 aliphatic carbocycles. The largest absolute Gasteiger partial charge is 0.366 e. The number of nitrogens with zero attached hydrogens (tertiary/aromatic N) is 1. The molecule has 2 aromatic carbocycles. The van der Waals surface area contributed by atoms with E-state index in [-0.39, 0.29) is 21.8 Å². The first kappa shape index (κ1) is 17.8. The van der Waals surface area contributed by atoms with Gasteiger partial charge in [0.25, 0.3) is 11.6 Å². The number of nitro groups is 1. The number of primary amides is 1. The lowest BCUT2D eigenvalue weighted by Crippen LogP contribution is -2.15. The first-order chi connectivity index (χ1) is 11.3. The lowest BCUT2D eigenvalue weighted by Gasteiger charge is -2.08. The maximum atomic E-state index is 12.4. The van der Waals surface area contributed by atoms with Crippen LogP contribution in [0.4, 0.5) is 11.4 Å². The second-order valence-corrected chi connectivity index (χ2v) is 5.94. The van der Waals surface area contributed by atoms with Crippen molar-refractivity contribution in [2.24, 2.45) is 5.73 Å². The van der Waals surface area contributed by atoms with E-state index in [9.17, 15) is 19.7 Å². The fraction of sp³-hybridized carbons (Fsp3) is 0.0667. The second kappa shape index (κ2) is 7.33. The highest BCUT2D eigenvalue weighted by molar-refractivity contribution is 7.98. The summed E-state index contributed by atoms with van der Waals surface area (Å²) in [6.45, 7) is 0. The molecule has 0 spiro atoms. The maximum absolute atomic E-state index is 12.4. The quantitative estimate of drug-likeness (QED) is 0.479. The summed E-state index contributed by atoms with van der Waals surface area (Å²) in [5.74, 6) is -1.35. The lowest BCUT2D eigenvalue weighted by molar-refractivity contribution is -0.385. The van der Waals surface area contributed by atoms with E-state index in [1.807, 2.05) is 0 Å². The van der Waals surface area contributed by atoms with Crippen LogP contribution < -0.4 is 11.1 Å². The zero-order chi connectivity index (χ0) is 17.9. The average Bonchev–Trinajstić information content (AvgIpc) is 2.53. The summed E-state index contributed by atoms with van der Waals surface area (Å²) in [5.41, 5.74) is 5.19. The molecule has 0 radical (unpaired) electrons. The minimum atomic E-state index is -0.693. The van der Waals surface area contributed by atoms with Gasteiger partial charge in [0.1, 0.15) is 5.56 Å². The topological polar surface area (TPSA) is 115 Å². The number of carbonyl (C=O) groups is 2. The van der Waals surface area contributed by atoms with Crippen LogP contribution in [0.25, 0.3) is 0 Å². The number of nitrogens with one attached hydrogen (secondary N) is 1. The van der Waals surface area contributed by atoms with Gasteiger partial charge >= 0.3 is 0 Å². The average molecular weight is 366 g/mol. The third-order valence-electron chi connectivity index (χ3n) is 3.14.